The predicted molar refractivity (Wildman–Crippen MR) is 64.6 cm³/mol. The third-order valence-corrected chi connectivity index (χ3v) is 3.74. The molecule has 0 amide bonds. The summed E-state index contributed by atoms with van der Waals surface area (Å²) in [6.45, 7) is 2.63. The van der Waals surface area contributed by atoms with Gasteiger partial charge in [-0.1, -0.05) is 18.9 Å². The second kappa shape index (κ2) is 5.58. The summed E-state index contributed by atoms with van der Waals surface area (Å²) in [5.74, 6) is -0.273. The predicted octanol–water partition coefficient (Wildman–Crippen LogP) is 3.63. The smallest absolute Gasteiger partial charge is 0.130 e. The molecule has 0 heterocycles. The van der Waals surface area contributed by atoms with Crippen molar-refractivity contribution in [2.45, 2.75) is 45.2 Å². The molecule has 1 aliphatic rings. The van der Waals surface area contributed by atoms with E-state index in [1.54, 1.807) is 0 Å². The molecule has 0 saturated heterocycles. The summed E-state index contributed by atoms with van der Waals surface area (Å²) in [5, 5.41) is 3.34. The molecule has 1 aliphatic carbocycles. The Morgan fingerprint density at radius 2 is 2.00 bits per heavy atom. The van der Waals surface area contributed by atoms with E-state index < -0.39 is 11.6 Å². The van der Waals surface area contributed by atoms with Gasteiger partial charge in [0.25, 0.3) is 0 Å². The highest BCUT2D eigenvalue weighted by atomic mass is 19.1. The lowest BCUT2D eigenvalue weighted by molar-refractivity contribution is 0.377. The van der Waals surface area contributed by atoms with Crippen molar-refractivity contribution in [3.63, 3.8) is 0 Å². The SMILES string of the molecule is C[C@@H](NCc1ccc(F)cc1F)C1CCCC1. The highest BCUT2D eigenvalue weighted by molar-refractivity contribution is 5.18. The van der Waals surface area contributed by atoms with E-state index in [-0.39, 0.29) is 0 Å². The zero-order chi connectivity index (χ0) is 12.3. The number of benzene rings is 1. The Hall–Kier alpha value is -0.960. The molecule has 1 atom stereocenters. The van der Waals surface area contributed by atoms with E-state index in [9.17, 15) is 8.78 Å². The zero-order valence-electron chi connectivity index (χ0n) is 10.2. The van der Waals surface area contributed by atoms with E-state index in [0.717, 1.165) is 6.07 Å². The monoisotopic (exact) mass is 239 g/mol. The minimum Gasteiger partial charge on any atom is -0.310 e. The summed E-state index contributed by atoms with van der Waals surface area (Å²) in [6.07, 6.45) is 5.14. The van der Waals surface area contributed by atoms with Crippen molar-refractivity contribution in [1.29, 1.82) is 0 Å². The van der Waals surface area contributed by atoms with Crippen molar-refractivity contribution in [1.82, 2.24) is 5.32 Å². The number of hydrogen-bond donors (Lipinski definition) is 1. The van der Waals surface area contributed by atoms with E-state index in [4.69, 9.17) is 0 Å². The van der Waals surface area contributed by atoms with Crippen LogP contribution in [0.1, 0.15) is 38.2 Å². The number of rotatable bonds is 4. The van der Waals surface area contributed by atoms with Crippen molar-refractivity contribution in [2.75, 3.05) is 0 Å². The molecule has 1 aromatic carbocycles. The maximum absolute atomic E-state index is 13.4. The van der Waals surface area contributed by atoms with Crippen molar-refractivity contribution >= 4 is 0 Å². The van der Waals surface area contributed by atoms with Crippen molar-refractivity contribution in [3.8, 4) is 0 Å². The van der Waals surface area contributed by atoms with Gasteiger partial charge in [-0.2, -0.15) is 0 Å². The first kappa shape index (κ1) is 12.5. The average Bonchev–Trinajstić information content (AvgIpc) is 2.81. The Kier molecular flexibility index (Phi) is 4.11. The van der Waals surface area contributed by atoms with Gasteiger partial charge >= 0.3 is 0 Å². The molecular weight excluding hydrogens is 220 g/mol. The van der Waals surface area contributed by atoms with E-state index >= 15 is 0 Å². The van der Waals surface area contributed by atoms with Gasteiger partial charge in [0, 0.05) is 24.2 Å². The van der Waals surface area contributed by atoms with Crippen LogP contribution in [0.25, 0.3) is 0 Å². The van der Waals surface area contributed by atoms with Crippen LogP contribution in [0, 0.1) is 17.6 Å². The lowest BCUT2D eigenvalue weighted by Crippen LogP contribution is -2.32. The molecule has 0 radical (unpaired) electrons. The summed E-state index contributed by atoms with van der Waals surface area (Å²) >= 11 is 0. The fraction of sp³-hybridized carbons (Fsp3) is 0.571. The molecular formula is C14H19F2N. The largest absolute Gasteiger partial charge is 0.310 e. The van der Waals surface area contributed by atoms with E-state index in [1.807, 2.05) is 0 Å². The minimum absolute atomic E-state index is 0.405. The van der Waals surface area contributed by atoms with Crippen LogP contribution in [0.15, 0.2) is 18.2 Å². The number of hydrogen-bond acceptors (Lipinski definition) is 1. The third-order valence-electron chi connectivity index (χ3n) is 3.74. The van der Waals surface area contributed by atoms with E-state index in [0.29, 0.717) is 24.1 Å². The van der Waals surface area contributed by atoms with Gasteiger partial charge < -0.3 is 5.32 Å². The van der Waals surface area contributed by atoms with Crippen LogP contribution in [-0.4, -0.2) is 6.04 Å². The third kappa shape index (κ3) is 3.25. The van der Waals surface area contributed by atoms with Gasteiger partial charge in [0.15, 0.2) is 0 Å². The highest BCUT2D eigenvalue weighted by Crippen LogP contribution is 2.27. The van der Waals surface area contributed by atoms with Crippen LogP contribution in [0.2, 0.25) is 0 Å². The van der Waals surface area contributed by atoms with Gasteiger partial charge in [0.05, 0.1) is 0 Å². The fourth-order valence-corrected chi connectivity index (χ4v) is 2.56. The molecule has 0 spiro atoms. The molecule has 1 fully saturated rings. The first-order chi connectivity index (χ1) is 8.16. The van der Waals surface area contributed by atoms with Gasteiger partial charge in [0.1, 0.15) is 11.6 Å². The van der Waals surface area contributed by atoms with Crippen molar-refractivity contribution in [3.05, 3.63) is 35.4 Å². The Balaban J connectivity index is 1.88. The molecule has 0 aromatic heterocycles. The topological polar surface area (TPSA) is 12.0 Å². The summed E-state index contributed by atoms with van der Waals surface area (Å²) in [7, 11) is 0. The Labute approximate surface area is 101 Å². The van der Waals surface area contributed by atoms with Crippen LogP contribution in [0.4, 0.5) is 8.78 Å². The second-order valence-electron chi connectivity index (χ2n) is 4.95. The van der Waals surface area contributed by atoms with Crippen LogP contribution in [-0.2, 0) is 6.54 Å². The van der Waals surface area contributed by atoms with Crippen LogP contribution in [0.3, 0.4) is 0 Å². The number of nitrogens with one attached hydrogen (secondary N) is 1. The first-order valence-corrected chi connectivity index (χ1v) is 6.34. The summed E-state index contributed by atoms with van der Waals surface area (Å²) in [6, 6.07) is 4.17. The quantitative estimate of drug-likeness (QED) is 0.846. The summed E-state index contributed by atoms with van der Waals surface area (Å²) in [5.41, 5.74) is 0.538. The van der Waals surface area contributed by atoms with E-state index in [2.05, 4.69) is 12.2 Å². The van der Waals surface area contributed by atoms with Gasteiger partial charge in [-0.15, -0.1) is 0 Å². The molecule has 17 heavy (non-hydrogen) atoms. The van der Waals surface area contributed by atoms with Gasteiger partial charge in [-0.25, -0.2) is 8.78 Å². The Morgan fingerprint density at radius 1 is 1.29 bits per heavy atom. The average molecular weight is 239 g/mol. The number of halogens is 2. The Morgan fingerprint density at radius 3 is 2.65 bits per heavy atom. The van der Waals surface area contributed by atoms with Gasteiger partial charge in [-0.05, 0) is 31.7 Å². The molecule has 1 N–H and O–H groups in total. The normalized spacial score (nSPS) is 18.5. The standard InChI is InChI=1S/C14H19F2N/c1-10(11-4-2-3-5-11)17-9-12-6-7-13(15)8-14(12)16/h6-8,10-11,17H,2-5,9H2,1H3/t10-/m1/s1. The molecule has 2 rings (SSSR count). The molecule has 94 valence electrons. The maximum atomic E-state index is 13.4. The lowest BCUT2D eigenvalue weighted by Gasteiger charge is -2.20. The van der Waals surface area contributed by atoms with E-state index in [1.165, 1.54) is 37.8 Å². The molecule has 0 bridgehead atoms. The molecule has 1 saturated carbocycles. The maximum Gasteiger partial charge on any atom is 0.130 e. The van der Waals surface area contributed by atoms with Gasteiger partial charge in [0.2, 0.25) is 0 Å². The molecule has 0 aliphatic heterocycles. The second-order valence-corrected chi connectivity index (χ2v) is 4.95. The molecule has 1 aromatic rings. The van der Waals surface area contributed by atoms with Crippen LogP contribution < -0.4 is 5.32 Å². The molecule has 0 unspecified atom stereocenters. The van der Waals surface area contributed by atoms with Crippen molar-refractivity contribution in [2.24, 2.45) is 5.92 Å². The minimum atomic E-state index is -0.518. The van der Waals surface area contributed by atoms with Crippen LogP contribution >= 0.6 is 0 Å². The highest BCUT2D eigenvalue weighted by Gasteiger charge is 2.21. The molecule has 3 heteroatoms. The summed E-state index contributed by atoms with van der Waals surface area (Å²) in [4.78, 5) is 0. The van der Waals surface area contributed by atoms with Crippen molar-refractivity contribution < 1.29 is 8.78 Å². The fourth-order valence-electron chi connectivity index (χ4n) is 2.56. The first-order valence-electron chi connectivity index (χ1n) is 6.34. The van der Waals surface area contributed by atoms with Crippen LogP contribution in [0.5, 0.6) is 0 Å². The lowest BCUT2D eigenvalue weighted by atomic mass is 9.99. The molecule has 1 nitrogen and oxygen atoms in total. The zero-order valence-corrected chi connectivity index (χ0v) is 10.2. The van der Waals surface area contributed by atoms with Gasteiger partial charge in [-0.3, -0.25) is 0 Å². The summed E-state index contributed by atoms with van der Waals surface area (Å²) < 4.78 is 26.1. The Bertz CT molecular complexity index is 372.